The van der Waals surface area contributed by atoms with Crippen LogP contribution in [0.1, 0.15) is 49.8 Å². The number of nitrogens with zero attached hydrogens (tertiary/aromatic N) is 1. The Bertz CT molecular complexity index is 1220. The van der Waals surface area contributed by atoms with E-state index >= 15 is 0 Å². The van der Waals surface area contributed by atoms with Gasteiger partial charge in [-0.25, -0.2) is 0 Å². The summed E-state index contributed by atoms with van der Waals surface area (Å²) in [7, 11) is 0. The largest absolute Gasteiger partial charge is 0.465 e. The van der Waals surface area contributed by atoms with Gasteiger partial charge in [-0.2, -0.15) is 0 Å². The molecule has 0 spiro atoms. The molecule has 5 rings (SSSR count). The standard InChI is InChI=1S/C31H33NO4/c1-4-35-28(33)31(29(34)36-5-2)20-25(23-16-10-7-11-17-23)30(3)24-18-12-13-19-26(24)32(27(30)31)21-22-14-8-6-9-15-22/h6-19,25,27H,4-5,20-21H2,1-3H3/t25-,27-,30-/m1/s1. The third-order valence-electron chi connectivity index (χ3n) is 8.07. The summed E-state index contributed by atoms with van der Waals surface area (Å²) in [6.45, 7) is 6.74. The lowest BCUT2D eigenvalue weighted by atomic mass is 9.69. The normalized spacial score (nSPS) is 23.6. The van der Waals surface area contributed by atoms with Crippen LogP contribution in [0.4, 0.5) is 5.69 Å². The van der Waals surface area contributed by atoms with Crippen LogP contribution >= 0.6 is 0 Å². The molecule has 0 amide bonds. The fourth-order valence-electron chi connectivity index (χ4n) is 6.69. The van der Waals surface area contributed by atoms with Gasteiger partial charge in [0.25, 0.3) is 0 Å². The van der Waals surface area contributed by atoms with Crippen LogP contribution in [-0.2, 0) is 31.0 Å². The lowest BCUT2D eigenvalue weighted by Crippen LogP contribution is -2.57. The predicted octanol–water partition coefficient (Wildman–Crippen LogP) is 5.63. The molecular weight excluding hydrogens is 450 g/mol. The highest BCUT2D eigenvalue weighted by atomic mass is 16.6. The summed E-state index contributed by atoms with van der Waals surface area (Å²) in [4.78, 5) is 30.1. The van der Waals surface area contributed by atoms with Crippen LogP contribution in [0.25, 0.3) is 0 Å². The third kappa shape index (κ3) is 3.52. The van der Waals surface area contributed by atoms with Crippen molar-refractivity contribution in [3.05, 3.63) is 102 Å². The number of carbonyl (C=O) groups is 2. The molecule has 0 unspecified atom stereocenters. The fraction of sp³-hybridized carbons (Fsp3) is 0.355. The Kier molecular flexibility index (Phi) is 6.33. The Hall–Kier alpha value is -3.60. The van der Waals surface area contributed by atoms with Crippen molar-refractivity contribution in [2.45, 2.75) is 51.1 Å². The van der Waals surface area contributed by atoms with Crippen LogP contribution in [0.3, 0.4) is 0 Å². The summed E-state index contributed by atoms with van der Waals surface area (Å²) in [5.41, 5.74) is 2.43. The molecule has 1 fully saturated rings. The molecule has 3 aromatic carbocycles. The summed E-state index contributed by atoms with van der Waals surface area (Å²) < 4.78 is 11.3. The van der Waals surface area contributed by atoms with E-state index in [2.05, 4.69) is 48.2 Å². The minimum absolute atomic E-state index is 0.0839. The maximum atomic E-state index is 13.9. The maximum Gasteiger partial charge on any atom is 0.325 e. The van der Waals surface area contributed by atoms with Crippen LogP contribution < -0.4 is 4.90 Å². The number of carbonyl (C=O) groups excluding carboxylic acids is 2. The van der Waals surface area contributed by atoms with Crippen LogP contribution in [0, 0.1) is 5.41 Å². The Morgan fingerprint density at radius 1 is 0.833 bits per heavy atom. The average molecular weight is 484 g/mol. The van der Waals surface area contributed by atoms with Gasteiger partial charge in [-0.15, -0.1) is 0 Å². The molecule has 1 saturated carbocycles. The molecule has 3 atom stereocenters. The molecule has 3 aromatic rings. The molecule has 0 radical (unpaired) electrons. The molecule has 5 heteroatoms. The van der Waals surface area contributed by atoms with Gasteiger partial charge in [0.2, 0.25) is 0 Å². The summed E-state index contributed by atoms with van der Waals surface area (Å²) in [6.07, 6.45) is 0.329. The zero-order valence-electron chi connectivity index (χ0n) is 21.1. The van der Waals surface area contributed by atoms with Crippen LogP contribution in [-0.4, -0.2) is 31.2 Å². The number of ether oxygens (including phenoxy) is 2. The summed E-state index contributed by atoms with van der Waals surface area (Å²) in [6, 6.07) is 28.3. The number of para-hydroxylation sites is 1. The molecule has 0 N–H and O–H groups in total. The summed E-state index contributed by atoms with van der Waals surface area (Å²) >= 11 is 0. The first-order valence-electron chi connectivity index (χ1n) is 12.8. The topological polar surface area (TPSA) is 55.8 Å². The zero-order valence-corrected chi connectivity index (χ0v) is 21.1. The van der Waals surface area contributed by atoms with E-state index in [-0.39, 0.29) is 19.1 Å². The lowest BCUT2D eigenvalue weighted by Gasteiger charge is -2.40. The number of hydrogen-bond acceptors (Lipinski definition) is 5. The number of rotatable bonds is 7. The van der Waals surface area contributed by atoms with Crippen molar-refractivity contribution >= 4 is 17.6 Å². The molecule has 1 aliphatic heterocycles. The van der Waals surface area contributed by atoms with E-state index in [1.54, 1.807) is 13.8 Å². The van der Waals surface area contributed by atoms with Gasteiger partial charge in [0, 0.05) is 17.6 Å². The summed E-state index contributed by atoms with van der Waals surface area (Å²) in [5, 5.41) is 0. The van der Waals surface area contributed by atoms with Crippen LogP contribution in [0.2, 0.25) is 0 Å². The van der Waals surface area contributed by atoms with E-state index in [0.717, 1.165) is 22.4 Å². The van der Waals surface area contributed by atoms with E-state index < -0.39 is 28.8 Å². The summed E-state index contributed by atoms with van der Waals surface area (Å²) in [5.74, 6) is -1.08. The minimum atomic E-state index is -1.46. The Morgan fingerprint density at radius 3 is 2.00 bits per heavy atom. The quantitative estimate of drug-likeness (QED) is 0.322. The van der Waals surface area contributed by atoms with Gasteiger partial charge >= 0.3 is 11.9 Å². The van der Waals surface area contributed by atoms with E-state index in [1.807, 2.05) is 48.5 Å². The van der Waals surface area contributed by atoms with Gasteiger partial charge in [-0.3, -0.25) is 9.59 Å². The van der Waals surface area contributed by atoms with Crippen LogP contribution in [0.15, 0.2) is 84.9 Å². The van der Waals surface area contributed by atoms with E-state index in [0.29, 0.717) is 13.0 Å². The van der Waals surface area contributed by atoms with Crippen molar-refractivity contribution < 1.29 is 19.1 Å². The number of hydrogen-bond donors (Lipinski definition) is 0. The third-order valence-corrected chi connectivity index (χ3v) is 8.07. The average Bonchev–Trinajstić information content (AvgIpc) is 3.33. The van der Waals surface area contributed by atoms with Crippen molar-refractivity contribution in [1.82, 2.24) is 0 Å². The lowest BCUT2D eigenvalue weighted by molar-refractivity contribution is -0.173. The highest BCUT2D eigenvalue weighted by Gasteiger charge is 2.73. The number of esters is 2. The number of fused-ring (bicyclic) bond motifs is 3. The van der Waals surface area contributed by atoms with Gasteiger partial charge in [0.05, 0.1) is 19.3 Å². The Morgan fingerprint density at radius 2 is 1.39 bits per heavy atom. The Balaban J connectivity index is 1.77. The SMILES string of the molecule is CCOC(=O)C1(C(=O)OCC)C[C@H](c2ccccc2)[C@@]2(C)c3ccccc3N(Cc3ccccc3)[C@@H]12. The van der Waals surface area contributed by atoms with Crippen LogP contribution in [0.5, 0.6) is 0 Å². The van der Waals surface area contributed by atoms with Gasteiger partial charge in [-0.1, -0.05) is 85.8 Å². The van der Waals surface area contributed by atoms with E-state index in [9.17, 15) is 9.59 Å². The molecule has 0 bridgehead atoms. The van der Waals surface area contributed by atoms with Crippen molar-refractivity contribution in [3.8, 4) is 0 Å². The molecule has 1 heterocycles. The smallest absolute Gasteiger partial charge is 0.325 e. The molecule has 1 aliphatic carbocycles. The first-order valence-corrected chi connectivity index (χ1v) is 12.8. The molecule has 0 aromatic heterocycles. The first kappa shape index (κ1) is 24.1. The van der Waals surface area contributed by atoms with Crippen molar-refractivity contribution in [2.75, 3.05) is 18.1 Å². The van der Waals surface area contributed by atoms with Crippen molar-refractivity contribution in [2.24, 2.45) is 5.41 Å². The van der Waals surface area contributed by atoms with Crippen molar-refractivity contribution in [1.29, 1.82) is 0 Å². The monoisotopic (exact) mass is 483 g/mol. The fourth-order valence-corrected chi connectivity index (χ4v) is 6.69. The highest BCUT2D eigenvalue weighted by molar-refractivity contribution is 6.03. The number of anilines is 1. The Labute approximate surface area is 213 Å². The highest BCUT2D eigenvalue weighted by Crippen LogP contribution is 2.66. The molecule has 186 valence electrons. The minimum Gasteiger partial charge on any atom is -0.465 e. The van der Waals surface area contributed by atoms with Crippen molar-refractivity contribution in [3.63, 3.8) is 0 Å². The molecular formula is C31H33NO4. The van der Waals surface area contributed by atoms with Gasteiger partial charge < -0.3 is 14.4 Å². The molecule has 36 heavy (non-hydrogen) atoms. The molecule has 0 saturated heterocycles. The number of benzene rings is 3. The molecule has 5 nitrogen and oxygen atoms in total. The molecule has 2 aliphatic rings. The van der Waals surface area contributed by atoms with E-state index in [4.69, 9.17) is 9.47 Å². The van der Waals surface area contributed by atoms with Gasteiger partial charge in [0.15, 0.2) is 5.41 Å². The second-order valence-electron chi connectivity index (χ2n) is 9.90. The van der Waals surface area contributed by atoms with Gasteiger partial charge in [-0.05, 0) is 48.9 Å². The second kappa shape index (κ2) is 9.45. The second-order valence-corrected chi connectivity index (χ2v) is 9.90. The van der Waals surface area contributed by atoms with E-state index in [1.165, 1.54) is 0 Å². The predicted molar refractivity (Wildman–Crippen MR) is 140 cm³/mol. The zero-order chi connectivity index (χ0) is 25.3. The maximum absolute atomic E-state index is 13.9. The van der Waals surface area contributed by atoms with Gasteiger partial charge in [0.1, 0.15) is 0 Å². The first-order chi connectivity index (χ1) is 17.5.